The summed E-state index contributed by atoms with van der Waals surface area (Å²) in [5, 5.41) is 12.0. The van der Waals surface area contributed by atoms with Gasteiger partial charge in [-0.25, -0.2) is 4.79 Å². The second kappa shape index (κ2) is 14.3. The Bertz CT molecular complexity index is 542. The van der Waals surface area contributed by atoms with E-state index in [1.54, 1.807) is 0 Å². The number of amides is 4. The Balaban J connectivity index is 1.35. The highest BCUT2D eigenvalue weighted by molar-refractivity contribution is 14.1. The molecule has 0 radical (unpaired) electrons. The Kier molecular flexibility index (Phi) is 12.0. The zero-order valence-electron chi connectivity index (χ0n) is 16.5. The van der Waals surface area contributed by atoms with Gasteiger partial charge in [0, 0.05) is 30.5 Å². The van der Waals surface area contributed by atoms with Crippen molar-refractivity contribution in [2.75, 3.05) is 49.7 Å². The fourth-order valence-electron chi connectivity index (χ4n) is 3.26. The van der Waals surface area contributed by atoms with Crippen LogP contribution in [0.3, 0.4) is 0 Å². The minimum Gasteiger partial charge on any atom is -0.377 e. The molecule has 3 atom stereocenters. The molecule has 0 saturated carbocycles. The Hall–Kier alpha value is -0.790. The largest absolute Gasteiger partial charge is 0.377 e. The zero-order valence-corrected chi connectivity index (χ0v) is 19.5. The molecular weight excluding hydrogens is 511 g/mol. The maximum atomic E-state index is 11.9. The number of alkyl halides is 1. The molecule has 0 bridgehead atoms. The first-order valence-corrected chi connectivity index (χ1v) is 12.6. The van der Waals surface area contributed by atoms with Crippen molar-refractivity contribution in [3.05, 3.63) is 0 Å². The highest BCUT2D eigenvalue weighted by atomic mass is 127. The third-order valence-corrected chi connectivity index (χ3v) is 6.91. The van der Waals surface area contributed by atoms with E-state index >= 15 is 0 Å². The quantitative estimate of drug-likeness (QED) is 0.103. The third kappa shape index (κ3) is 9.71. The van der Waals surface area contributed by atoms with Gasteiger partial charge < -0.3 is 30.7 Å². The molecular formula is C18H31IN4O5S. The Morgan fingerprint density at radius 1 is 1.03 bits per heavy atom. The third-order valence-electron chi connectivity index (χ3n) is 4.71. The molecule has 4 amide bonds. The van der Waals surface area contributed by atoms with Crippen LogP contribution in [0.5, 0.6) is 0 Å². The smallest absolute Gasteiger partial charge is 0.315 e. The topological polar surface area (TPSA) is 118 Å². The lowest BCUT2D eigenvalue weighted by Crippen LogP contribution is -2.36. The Morgan fingerprint density at radius 3 is 2.41 bits per heavy atom. The maximum Gasteiger partial charge on any atom is 0.315 e. The first-order chi connectivity index (χ1) is 14.1. The number of nitrogens with one attached hydrogen (secondary N) is 4. The normalized spacial score (nSPS) is 22.7. The number of thioether (sulfide) groups is 1. The Labute approximate surface area is 189 Å². The number of hydrogen-bond donors (Lipinski definition) is 4. The van der Waals surface area contributed by atoms with Crippen LogP contribution in [0.15, 0.2) is 0 Å². The summed E-state index contributed by atoms with van der Waals surface area (Å²) in [5.74, 6) is 1.02. The second-order valence-electron chi connectivity index (χ2n) is 6.93. The van der Waals surface area contributed by atoms with Gasteiger partial charge in [-0.1, -0.05) is 29.0 Å². The van der Waals surface area contributed by atoms with E-state index in [1.807, 2.05) is 34.4 Å². The minimum absolute atomic E-state index is 0.00636. The van der Waals surface area contributed by atoms with Gasteiger partial charge in [-0.05, 0) is 12.8 Å². The molecule has 2 fully saturated rings. The van der Waals surface area contributed by atoms with Gasteiger partial charge in [-0.2, -0.15) is 11.8 Å². The highest BCUT2D eigenvalue weighted by Gasteiger charge is 2.42. The zero-order chi connectivity index (χ0) is 20.9. The van der Waals surface area contributed by atoms with Crippen LogP contribution in [0, 0.1) is 0 Å². The lowest BCUT2D eigenvalue weighted by Gasteiger charge is -2.16. The van der Waals surface area contributed by atoms with Crippen LogP contribution in [-0.2, 0) is 19.1 Å². The molecule has 0 spiro atoms. The molecule has 0 aromatic rings. The number of carbonyl (C=O) groups is 3. The van der Waals surface area contributed by atoms with Gasteiger partial charge in [0.2, 0.25) is 11.8 Å². The second-order valence-corrected chi connectivity index (χ2v) is 8.96. The summed E-state index contributed by atoms with van der Waals surface area (Å²) in [7, 11) is 0. The van der Waals surface area contributed by atoms with Crippen molar-refractivity contribution in [2.45, 2.75) is 43.0 Å². The summed E-state index contributed by atoms with van der Waals surface area (Å²) in [6.07, 6.45) is 3.37. The van der Waals surface area contributed by atoms with Gasteiger partial charge in [-0.15, -0.1) is 0 Å². The lowest BCUT2D eigenvalue weighted by atomic mass is 10.0. The van der Waals surface area contributed by atoms with E-state index in [0.29, 0.717) is 55.6 Å². The van der Waals surface area contributed by atoms with E-state index in [0.717, 1.165) is 25.0 Å². The average molecular weight is 542 g/mol. The molecule has 0 aromatic carbocycles. The monoisotopic (exact) mass is 542 g/mol. The number of unbranched alkanes of at least 4 members (excludes halogenated alkanes) is 1. The first-order valence-electron chi connectivity index (χ1n) is 10.0. The van der Waals surface area contributed by atoms with Crippen molar-refractivity contribution < 1.29 is 23.9 Å². The van der Waals surface area contributed by atoms with Crippen LogP contribution in [0.4, 0.5) is 4.79 Å². The maximum absolute atomic E-state index is 11.9. The number of urea groups is 1. The minimum atomic E-state index is -0.0568. The van der Waals surface area contributed by atoms with E-state index in [-0.39, 0.29) is 29.9 Å². The SMILES string of the molecule is O=C(CI)NCCOCCOCCNC(=O)CCCCC1SC[C@H]2NC(=O)N[C@@H]12. The van der Waals surface area contributed by atoms with Crippen molar-refractivity contribution in [3.8, 4) is 0 Å². The number of fused-ring (bicyclic) bond motifs is 1. The summed E-state index contributed by atoms with van der Waals surface area (Å²) in [5.41, 5.74) is 0. The Morgan fingerprint density at radius 2 is 1.72 bits per heavy atom. The number of rotatable bonds is 15. The number of halogens is 1. The summed E-state index contributed by atoms with van der Waals surface area (Å²) in [6.45, 7) is 2.84. The molecule has 0 aliphatic carbocycles. The fourth-order valence-corrected chi connectivity index (χ4v) is 5.07. The molecule has 2 rings (SSSR count). The predicted octanol–water partition coefficient (Wildman–Crippen LogP) is 0.413. The van der Waals surface area contributed by atoms with Crippen molar-refractivity contribution in [2.24, 2.45) is 0 Å². The molecule has 166 valence electrons. The molecule has 0 aromatic heterocycles. The average Bonchev–Trinajstić information content (AvgIpc) is 3.25. The van der Waals surface area contributed by atoms with Crippen molar-refractivity contribution >= 4 is 52.2 Å². The van der Waals surface area contributed by atoms with E-state index in [4.69, 9.17) is 9.47 Å². The molecule has 2 saturated heterocycles. The standard InChI is InChI=1S/C18H31IN4O5S/c19-11-16(25)21-6-8-28-10-9-27-7-5-20-15(24)4-2-1-3-14-17-13(12-29-14)22-18(26)23-17/h13-14,17H,1-12H2,(H,20,24)(H,21,25)(H2,22,23,26)/t13-,14?,17-/m1/s1. The molecule has 9 nitrogen and oxygen atoms in total. The van der Waals surface area contributed by atoms with Crippen molar-refractivity contribution in [3.63, 3.8) is 0 Å². The van der Waals surface area contributed by atoms with E-state index in [2.05, 4.69) is 21.3 Å². The number of hydrogen-bond acceptors (Lipinski definition) is 6. The fraction of sp³-hybridized carbons (Fsp3) is 0.833. The van der Waals surface area contributed by atoms with Crippen LogP contribution < -0.4 is 21.3 Å². The van der Waals surface area contributed by atoms with E-state index in [1.165, 1.54) is 0 Å². The van der Waals surface area contributed by atoms with E-state index in [9.17, 15) is 14.4 Å². The number of carbonyl (C=O) groups excluding carboxylic acids is 3. The highest BCUT2D eigenvalue weighted by Crippen LogP contribution is 2.33. The van der Waals surface area contributed by atoms with Gasteiger partial charge >= 0.3 is 6.03 Å². The summed E-state index contributed by atoms with van der Waals surface area (Å²) in [4.78, 5) is 34.2. The summed E-state index contributed by atoms with van der Waals surface area (Å²) >= 11 is 3.91. The molecule has 11 heteroatoms. The summed E-state index contributed by atoms with van der Waals surface area (Å²) in [6, 6.07) is 0.434. The van der Waals surface area contributed by atoms with Gasteiger partial charge in [0.05, 0.1) is 42.9 Å². The van der Waals surface area contributed by atoms with Crippen molar-refractivity contribution in [1.82, 2.24) is 21.3 Å². The van der Waals surface area contributed by atoms with Crippen LogP contribution in [-0.4, -0.2) is 84.9 Å². The predicted molar refractivity (Wildman–Crippen MR) is 121 cm³/mol. The molecule has 1 unspecified atom stereocenters. The lowest BCUT2D eigenvalue weighted by molar-refractivity contribution is -0.121. The van der Waals surface area contributed by atoms with Crippen LogP contribution in [0.1, 0.15) is 25.7 Å². The van der Waals surface area contributed by atoms with Crippen LogP contribution in [0.25, 0.3) is 0 Å². The van der Waals surface area contributed by atoms with Gasteiger partial charge in [0.25, 0.3) is 0 Å². The van der Waals surface area contributed by atoms with Crippen LogP contribution in [0.2, 0.25) is 0 Å². The van der Waals surface area contributed by atoms with Crippen molar-refractivity contribution in [1.29, 1.82) is 0 Å². The number of ether oxygens (including phenoxy) is 2. The van der Waals surface area contributed by atoms with Crippen LogP contribution >= 0.6 is 34.4 Å². The van der Waals surface area contributed by atoms with E-state index < -0.39 is 0 Å². The molecule has 4 N–H and O–H groups in total. The molecule has 2 aliphatic heterocycles. The first kappa shape index (κ1) is 24.5. The van der Waals surface area contributed by atoms with Gasteiger partial charge in [0.1, 0.15) is 0 Å². The van der Waals surface area contributed by atoms with Gasteiger partial charge in [0.15, 0.2) is 0 Å². The van der Waals surface area contributed by atoms with Gasteiger partial charge in [-0.3, -0.25) is 9.59 Å². The summed E-state index contributed by atoms with van der Waals surface area (Å²) < 4.78 is 11.2. The molecule has 2 aliphatic rings. The molecule has 2 heterocycles. The molecule has 29 heavy (non-hydrogen) atoms.